The second-order valence-corrected chi connectivity index (χ2v) is 8.32. The van der Waals surface area contributed by atoms with Gasteiger partial charge >= 0.3 is 0 Å². The van der Waals surface area contributed by atoms with Crippen LogP contribution in [0.3, 0.4) is 0 Å². The summed E-state index contributed by atoms with van der Waals surface area (Å²) in [5.74, 6) is 0. The highest BCUT2D eigenvalue weighted by Gasteiger charge is 2.30. The minimum atomic E-state index is -3.32. The van der Waals surface area contributed by atoms with Gasteiger partial charge in [0.1, 0.15) is 0 Å². The number of hydrogen-bond donors (Lipinski definition) is 1. The summed E-state index contributed by atoms with van der Waals surface area (Å²) in [5, 5.41) is 3.31. The largest absolute Gasteiger partial charge is 0.314 e. The fourth-order valence-corrected chi connectivity index (χ4v) is 4.52. The van der Waals surface area contributed by atoms with E-state index in [-0.39, 0.29) is 6.04 Å². The molecule has 0 aromatic rings. The van der Waals surface area contributed by atoms with Crippen molar-refractivity contribution in [3.05, 3.63) is 0 Å². The van der Waals surface area contributed by atoms with Crippen LogP contribution in [0.2, 0.25) is 0 Å². The fourth-order valence-electron chi connectivity index (χ4n) is 3.19. The molecular weight excluding hydrogens is 288 g/mol. The highest BCUT2D eigenvalue weighted by molar-refractivity contribution is 7.86. The maximum absolute atomic E-state index is 12.6. The summed E-state index contributed by atoms with van der Waals surface area (Å²) in [5.41, 5.74) is 0. The number of rotatable bonds is 6. The monoisotopic (exact) mass is 318 g/mol. The number of hydrogen-bond acceptors (Lipinski definition) is 4. The van der Waals surface area contributed by atoms with E-state index in [1.165, 1.54) is 10.7 Å². The van der Waals surface area contributed by atoms with Gasteiger partial charge in [0.15, 0.2) is 0 Å². The summed E-state index contributed by atoms with van der Waals surface area (Å²) in [7, 11) is 0.133. The summed E-state index contributed by atoms with van der Waals surface area (Å²) in [6.45, 7) is 5.39. The van der Waals surface area contributed by atoms with Crippen LogP contribution in [0.15, 0.2) is 0 Å². The number of piperazine rings is 1. The zero-order valence-corrected chi connectivity index (χ0v) is 14.2. The molecule has 1 aliphatic carbocycles. The zero-order valence-electron chi connectivity index (χ0n) is 13.4. The van der Waals surface area contributed by atoms with E-state index in [9.17, 15) is 8.42 Å². The molecule has 1 saturated carbocycles. The van der Waals surface area contributed by atoms with E-state index in [0.717, 1.165) is 58.4 Å². The van der Waals surface area contributed by atoms with Gasteiger partial charge in [0, 0.05) is 59.4 Å². The van der Waals surface area contributed by atoms with Crippen LogP contribution in [0.1, 0.15) is 32.1 Å². The number of likely N-dealkylation sites (N-methyl/N-ethyl adjacent to an activating group) is 1. The first kappa shape index (κ1) is 17.1. The molecule has 2 fully saturated rings. The molecule has 2 aliphatic rings. The molecule has 1 N–H and O–H groups in total. The lowest BCUT2D eigenvalue weighted by atomic mass is 9.96. The minimum Gasteiger partial charge on any atom is -0.314 e. The minimum absolute atomic E-state index is 0.186. The zero-order chi connectivity index (χ0) is 15.3. The van der Waals surface area contributed by atoms with Gasteiger partial charge in [-0.1, -0.05) is 19.3 Å². The standard InChI is InChI=1S/C14H30N4O2S/c1-16(12-13-18-10-8-15-9-11-18)21(19,20)17(2)14-6-4-3-5-7-14/h14-15H,3-13H2,1-2H3. The average molecular weight is 318 g/mol. The molecule has 0 radical (unpaired) electrons. The van der Waals surface area contributed by atoms with Crippen LogP contribution in [-0.2, 0) is 10.2 Å². The number of nitrogens with one attached hydrogen (secondary N) is 1. The lowest BCUT2D eigenvalue weighted by molar-refractivity contribution is 0.221. The van der Waals surface area contributed by atoms with Gasteiger partial charge in [-0.2, -0.15) is 17.0 Å². The normalized spacial score (nSPS) is 23.0. The molecule has 6 nitrogen and oxygen atoms in total. The van der Waals surface area contributed by atoms with Gasteiger partial charge in [0.2, 0.25) is 0 Å². The Morgan fingerprint density at radius 1 is 1.10 bits per heavy atom. The van der Waals surface area contributed by atoms with Crippen molar-refractivity contribution in [1.29, 1.82) is 0 Å². The SMILES string of the molecule is CN(CCN1CCNCC1)S(=O)(=O)N(C)C1CCCCC1. The van der Waals surface area contributed by atoms with Crippen molar-refractivity contribution in [2.24, 2.45) is 0 Å². The first-order valence-electron chi connectivity index (χ1n) is 8.14. The van der Waals surface area contributed by atoms with Crippen LogP contribution in [0.5, 0.6) is 0 Å². The van der Waals surface area contributed by atoms with Gasteiger partial charge in [-0.05, 0) is 12.8 Å². The Labute approximate surface area is 129 Å². The Morgan fingerprint density at radius 2 is 1.71 bits per heavy atom. The molecular formula is C14H30N4O2S. The molecule has 1 aliphatic heterocycles. The Balaban J connectivity index is 1.84. The van der Waals surface area contributed by atoms with Crippen molar-refractivity contribution in [1.82, 2.24) is 18.8 Å². The van der Waals surface area contributed by atoms with Crippen molar-refractivity contribution < 1.29 is 8.42 Å². The predicted molar refractivity (Wildman–Crippen MR) is 85.5 cm³/mol. The Bertz CT molecular complexity index is 403. The molecule has 0 spiro atoms. The molecule has 0 aromatic heterocycles. The van der Waals surface area contributed by atoms with Crippen molar-refractivity contribution in [2.45, 2.75) is 38.1 Å². The van der Waals surface area contributed by atoms with Gasteiger partial charge in [-0.3, -0.25) is 4.90 Å². The first-order valence-corrected chi connectivity index (χ1v) is 9.54. The van der Waals surface area contributed by atoms with Gasteiger partial charge in [-0.25, -0.2) is 0 Å². The van der Waals surface area contributed by atoms with Gasteiger partial charge in [0.25, 0.3) is 10.2 Å². The quantitative estimate of drug-likeness (QED) is 0.767. The van der Waals surface area contributed by atoms with Crippen LogP contribution >= 0.6 is 0 Å². The molecule has 1 saturated heterocycles. The summed E-state index contributed by atoms with van der Waals surface area (Å²) in [6, 6.07) is 0.186. The first-order chi connectivity index (χ1) is 10.0. The Kier molecular flexibility index (Phi) is 6.43. The fraction of sp³-hybridized carbons (Fsp3) is 1.00. The molecule has 21 heavy (non-hydrogen) atoms. The third-order valence-corrected chi connectivity index (χ3v) is 6.78. The Hall–Kier alpha value is -0.210. The van der Waals surface area contributed by atoms with E-state index in [2.05, 4.69) is 10.2 Å². The van der Waals surface area contributed by atoms with Crippen molar-refractivity contribution in [3.63, 3.8) is 0 Å². The molecule has 0 aromatic carbocycles. The van der Waals surface area contributed by atoms with E-state index in [0.29, 0.717) is 6.54 Å². The second kappa shape index (κ2) is 7.87. The van der Waals surface area contributed by atoms with E-state index >= 15 is 0 Å². The lowest BCUT2D eigenvalue weighted by Gasteiger charge is -2.34. The molecule has 0 atom stereocenters. The third-order valence-electron chi connectivity index (χ3n) is 4.79. The number of nitrogens with zero attached hydrogens (tertiary/aromatic N) is 3. The van der Waals surface area contributed by atoms with E-state index in [4.69, 9.17) is 0 Å². The maximum atomic E-state index is 12.6. The van der Waals surface area contributed by atoms with Gasteiger partial charge in [-0.15, -0.1) is 0 Å². The molecule has 124 valence electrons. The Morgan fingerprint density at radius 3 is 2.33 bits per heavy atom. The van der Waals surface area contributed by atoms with Crippen molar-refractivity contribution >= 4 is 10.2 Å². The van der Waals surface area contributed by atoms with Crippen LogP contribution in [0.25, 0.3) is 0 Å². The van der Waals surface area contributed by atoms with Crippen molar-refractivity contribution in [2.75, 3.05) is 53.4 Å². The van der Waals surface area contributed by atoms with E-state index in [1.807, 2.05) is 0 Å². The lowest BCUT2D eigenvalue weighted by Crippen LogP contribution is -2.49. The van der Waals surface area contributed by atoms with Gasteiger partial charge in [0.05, 0.1) is 0 Å². The molecule has 1 heterocycles. The maximum Gasteiger partial charge on any atom is 0.281 e. The summed E-state index contributed by atoms with van der Waals surface area (Å²) in [6.07, 6.45) is 5.54. The smallest absolute Gasteiger partial charge is 0.281 e. The average Bonchev–Trinajstić information content (AvgIpc) is 2.53. The third kappa shape index (κ3) is 4.63. The molecule has 2 rings (SSSR count). The van der Waals surface area contributed by atoms with Crippen LogP contribution < -0.4 is 5.32 Å². The summed E-state index contributed by atoms with van der Waals surface area (Å²) < 4.78 is 28.4. The van der Waals surface area contributed by atoms with Crippen LogP contribution in [0.4, 0.5) is 0 Å². The highest BCUT2D eigenvalue weighted by Crippen LogP contribution is 2.24. The van der Waals surface area contributed by atoms with E-state index < -0.39 is 10.2 Å². The van der Waals surface area contributed by atoms with Crippen LogP contribution in [-0.4, -0.2) is 81.3 Å². The summed E-state index contributed by atoms with van der Waals surface area (Å²) >= 11 is 0. The molecule has 0 amide bonds. The second-order valence-electron chi connectivity index (χ2n) is 6.23. The molecule has 7 heteroatoms. The highest BCUT2D eigenvalue weighted by atomic mass is 32.2. The topological polar surface area (TPSA) is 55.9 Å². The van der Waals surface area contributed by atoms with Crippen LogP contribution in [0, 0.1) is 0 Å². The predicted octanol–water partition coefficient (Wildman–Crippen LogP) is 0.333. The summed E-state index contributed by atoms with van der Waals surface area (Å²) in [4.78, 5) is 2.32. The molecule has 0 bridgehead atoms. The van der Waals surface area contributed by atoms with Gasteiger partial charge < -0.3 is 5.32 Å². The van der Waals surface area contributed by atoms with Crippen molar-refractivity contribution in [3.8, 4) is 0 Å². The van der Waals surface area contributed by atoms with E-state index in [1.54, 1.807) is 18.4 Å². The molecule has 0 unspecified atom stereocenters.